The van der Waals surface area contributed by atoms with E-state index in [1.54, 1.807) is 36.4 Å². The van der Waals surface area contributed by atoms with E-state index in [0.717, 1.165) is 5.39 Å². The summed E-state index contributed by atoms with van der Waals surface area (Å²) in [6, 6.07) is 18.8. The van der Waals surface area contributed by atoms with Crippen molar-refractivity contribution in [1.29, 1.82) is 0 Å². The lowest BCUT2D eigenvalue weighted by molar-refractivity contribution is -0.384. The summed E-state index contributed by atoms with van der Waals surface area (Å²) < 4.78 is 12.6. The van der Waals surface area contributed by atoms with Gasteiger partial charge in [-0.15, -0.1) is 0 Å². The molecule has 8 nitrogen and oxygen atoms in total. The summed E-state index contributed by atoms with van der Waals surface area (Å²) in [5.41, 5.74) is 4.44. The quantitative estimate of drug-likeness (QED) is 0.161. The highest BCUT2D eigenvalue weighted by molar-refractivity contribution is 9.11. The summed E-state index contributed by atoms with van der Waals surface area (Å²) in [4.78, 5) is 22.8. The first kappa shape index (κ1) is 22.7. The van der Waals surface area contributed by atoms with E-state index in [4.69, 9.17) is 9.15 Å². The maximum atomic E-state index is 12.3. The number of fused-ring (bicyclic) bond motifs is 1. The number of ether oxygens (including phenoxy) is 1. The number of halogens is 2. The standard InChI is InChI=1S/C23H15Br2N3O5/c24-18-9-15(12-26-27-23(29)21-11-16-5-1-2-7-20(16)33-21)10-19(25)22(18)32-13-14-4-3-6-17(8-14)28(30)31/h1-12H,13H2,(H,27,29)/b26-12+. The Morgan fingerprint density at radius 1 is 1.09 bits per heavy atom. The molecule has 166 valence electrons. The van der Waals surface area contributed by atoms with Gasteiger partial charge in [0.15, 0.2) is 5.76 Å². The number of carbonyl (C=O) groups excluding carboxylic acids is 1. The smallest absolute Gasteiger partial charge is 0.307 e. The van der Waals surface area contributed by atoms with Gasteiger partial charge in [0.2, 0.25) is 0 Å². The topological polar surface area (TPSA) is 107 Å². The fourth-order valence-corrected chi connectivity index (χ4v) is 4.47. The number of benzene rings is 3. The van der Waals surface area contributed by atoms with Crippen LogP contribution in [0.1, 0.15) is 21.7 Å². The minimum Gasteiger partial charge on any atom is -0.487 e. The molecular weight excluding hydrogens is 558 g/mol. The third kappa shape index (κ3) is 5.47. The van der Waals surface area contributed by atoms with E-state index >= 15 is 0 Å². The lowest BCUT2D eigenvalue weighted by Gasteiger charge is -2.11. The average molecular weight is 573 g/mol. The van der Waals surface area contributed by atoms with Crippen molar-refractivity contribution in [2.75, 3.05) is 0 Å². The van der Waals surface area contributed by atoms with E-state index in [9.17, 15) is 14.9 Å². The van der Waals surface area contributed by atoms with Gasteiger partial charge in [-0.05, 0) is 67.3 Å². The molecular formula is C23H15Br2N3O5. The van der Waals surface area contributed by atoms with Crippen LogP contribution in [-0.2, 0) is 6.61 Å². The molecule has 0 fully saturated rings. The fourth-order valence-electron chi connectivity index (χ4n) is 3.02. The van der Waals surface area contributed by atoms with Gasteiger partial charge in [0.1, 0.15) is 17.9 Å². The highest BCUT2D eigenvalue weighted by Crippen LogP contribution is 2.35. The van der Waals surface area contributed by atoms with Gasteiger partial charge in [0.05, 0.1) is 20.1 Å². The monoisotopic (exact) mass is 571 g/mol. The minimum atomic E-state index is -0.461. The number of nitrogens with one attached hydrogen (secondary N) is 1. The zero-order valence-electron chi connectivity index (χ0n) is 16.8. The zero-order valence-corrected chi connectivity index (χ0v) is 20.0. The van der Waals surface area contributed by atoms with E-state index < -0.39 is 10.8 Å². The van der Waals surface area contributed by atoms with Gasteiger partial charge in [0, 0.05) is 17.5 Å². The van der Waals surface area contributed by atoms with Crippen LogP contribution in [-0.4, -0.2) is 17.0 Å². The van der Waals surface area contributed by atoms with Crippen LogP contribution in [0, 0.1) is 10.1 Å². The molecule has 1 aromatic heterocycles. The Labute approximate surface area is 204 Å². The second-order valence-corrected chi connectivity index (χ2v) is 8.59. The minimum absolute atomic E-state index is 0.00508. The SMILES string of the molecule is O=C(N/N=C/c1cc(Br)c(OCc2cccc([N+](=O)[O-])c2)c(Br)c1)c1cc2ccccc2o1. The first-order valence-corrected chi connectivity index (χ1v) is 11.2. The Hall–Kier alpha value is -3.50. The molecule has 1 N–H and O–H groups in total. The summed E-state index contributed by atoms with van der Waals surface area (Å²) in [6.07, 6.45) is 1.49. The number of non-ortho nitro benzene ring substituents is 1. The third-order valence-corrected chi connectivity index (χ3v) is 5.73. The van der Waals surface area contributed by atoms with Gasteiger partial charge in [0.25, 0.3) is 5.69 Å². The van der Waals surface area contributed by atoms with Crippen molar-refractivity contribution in [2.24, 2.45) is 5.10 Å². The second-order valence-electron chi connectivity index (χ2n) is 6.88. The molecule has 1 amide bonds. The molecule has 3 aromatic carbocycles. The van der Waals surface area contributed by atoms with Crippen LogP contribution in [0.3, 0.4) is 0 Å². The van der Waals surface area contributed by atoms with Crippen molar-refractivity contribution in [1.82, 2.24) is 5.43 Å². The second kappa shape index (κ2) is 9.97. The highest BCUT2D eigenvalue weighted by atomic mass is 79.9. The highest BCUT2D eigenvalue weighted by Gasteiger charge is 2.12. The fraction of sp³-hybridized carbons (Fsp3) is 0.0435. The van der Waals surface area contributed by atoms with Gasteiger partial charge < -0.3 is 9.15 Å². The van der Waals surface area contributed by atoms with Crippen molar-refractivity contribution in [3.05, 3.63) is 103 Å². The van der Waals surface area contributed by atoms with E-state index in [-0.39, 0.29) is 18.1 Å². The van der Waals surface area contributed by atoms with Gasteiger partial charge in [-0.2, -0.15) is 5.10 Å². The number of nitro groups is 1. The van der Waals surface area contributed by atoms with Crippen molar-refractivity contribution in [2.45, 2.75) is 6.61 Å². The molecule has 0 atom stereocenters. The molecule has 0 saturated carbocycles. The molecule has 0 unspecified atom stereocenters. The van der Waals surface area contributed by atoms with Crippen LogP contribution in [0.4, 0.5) is 5.69 Å². The van der Waals surface area contributed by atoms with Gasteiger partial charge in [-0.25, -0.2) is 5.43 Å². The summed E-state index contributed by atoms with van der Waals surface area (Å²) >= 11 is 6.92. The molecule has 0 bridgehead atoms. The molecule has 4 aromatic rings. The van der Waals surface area contributed by atoms with Crippen molar-refractivity contribution in [3.8, 4) is 5.75 Å². The summed E-state index contributed by atoms with van der Waals surface area (Å²) in [6.45, 7) is 0.153. The van der Waals surface area contributed by atoms with Crippen LogP contribution in [0.5, 0.6) is 5.75 Å². The first-order valence-electron chi connectivity index (χ1n) is 9.58. The Kier molecular flexibility index (Phi) is 6.85. The number of furan rings is 1. The molecule has 0 aliphatic carbocycles. The van der Waals surface area contributed by atoms with Crippen LogP contribution in [0.25, 0.3) is 11.0 Å². The van der Waals surface area contributed by atoms with Crippen LogP contribution in [0.2, 0.25) is 0 Å². The van der Waals surface area contributed by atoms with Gasteiger partial charge in [-0.1, -0.05) is 30.3 Å². The van der Waals surface area contributed by atoms with E-state index in [2.05, 4.69) is 42.4 Å². The largest absolute Gasteiger partial charge is 0.487 e. The van der Waals surface area contributed by atoms with Crippen molar-refractivity contribution >= 4 is 60.6 Å². The zero-order chi connectivity index (χ0) is 23.4. The van der Waals surface area contributed by atoms with Crippen molar-refractivity contribution < 1.29 is 18.9 Å². The number of para-hydroxylation sites is 1. The number of nitrogens with zero attached hydrogens (tertiary/aromatic N) is 2. The molecule has 0 aliphatic heterocycles. The summed E-state index contributed by atoms with van der Waals surface area (Å²) in [5.74, 6) is 0.239. The Morgan fingerprint density at radius 2 is 1.85 bits per heavy atom. The lowest BCUT2D eigenvalue weighted by atomic mass is 10.2. The molecule has 0 spiro atoms. The summed E-state index contributed by atoms with van der Waals surface area (Å²) in [7, 11) is 0. The van der Waals surface area contributed by atoms with Crippen LogP contribution in [0.15, 0.2) is 85.2 Å². The number of nitro benzene ring substituents is 1. The normalized spacial score (nSPS) is 11.1. The predicted octanol–water partition coefficient (Wildman–Crippen LogP) is 6.21. The van der Waals surface area contributed by atoms with E-state index in [0.29, 0.717) is 31.4 Å². The number of hydrogen-bond donors (Lipinski definition) is 1. The predicted molar refractivity (Wildman–Crippen MR) is 131 cm³/mol. The van der Waals surface area contributed by atoms with Crippen LogP contribution < -0.4 is 10.2 Å². The Morgan fingerprint density at radius 3 is 2.58 bits per heavy atom. The van der Waals surface area contributed by atoms with E-state index in [1.807, 2.05) is 18.2 Å². The number of hydrazone groups is 1. The number of carbonyl (C=O) groups is 1. The van der Waals surface area contributed by atoms with Crippen LogP contribution >= 0.6 is 31.9 Å². The lowest BCUT2D eigenvalue weighted by Crippen LogP contribution is -2.16. The molecule has 10 heteroatoms. The summed E-state index contributed by atoms with van der Waals surface area (Å²) in [5, 5.41) is 15.8. The number of hydrogen-bond acceptors (Lipinski definition) is 6. The maximum Gasteiger partial charge on any atom is 0.307 e. The molecule has 4 rings (SSSR count). The third-order valence-electron chi connectivity index (χ3n) is 4.55. The molecule has 33 heavy (non-hydrogen) atoms. The molecule has 0 saturated heterocycles. The van der Waals surface area contributed by atoms with Crippen molar-refractivity contribution in [3.63, 3.8) is 0 Å². The number of rotatable bonds is 7. The van der Waals surface area contributed by atoms with Gasteiger partial charge in [-0.3, -0.25) is 14.9 Å². The average Bonchev–Trinajstić information content (AvgIpc) is 3.23. The Bertz CT molecular complexity index is 1330. The number of amides is 1. The molecule has 0 aliphatic rings. The molecule has 1 heterocycles. The van der Waals surface area contributed by atoms with E-state index in [1.165, 1.54) is 18.3 Å². The molecule has 0 radical (unpaired) electrons. The maximum absolute atomic E-state index is 12.3. The first-order chi connectivity index (χ1) is 15.9. The Balaban J connectivity index is 1.41. The van der Waals surface area contributed by atoms with Gasteiger partial charge >= 0.3 is 5.91 Å².